The number of rotatable bonds is 5. The number of nitrogens with one attached hydrogen (secondary N) is 2. The van der Waals surface area contributed by atoms with Crippen molar-refractivity contribution in [3.63, 3.8) is 0 Å². The Morgan fingerprint density at radius 1 is 1.35 bits per heavy atom. The number of aromatic hydroxyl groups is 1. The van der Waals surface area contributed by atoms with E-state index in [-0.39, 0.29) is 30.2 Å². The molecule has 2 aromatic rings. The topological polar surface area (TPSA) is 114 Å². The van der Waals surface area contributed by atoms with Crippen molar-refractivity contribution in [3.05, 3.63) is 34.6 Å². The van der Waals surface area contributed by atoms with Crippen LogP contribution in [0.4, 0.5) is 5.69 Å². The molecule has 0 atom stereocenters. The van der Waals surface area contributed by atoms with Crippen molar-refractivity contribution in [2.45, 2.75) is 11.6 Å². The molecule has 1 aliphatic rings. The van der Waals surface area contributed by atoms with Crippen molar-refractivity contribution < 1.29 is 19.4 Å². The molecule has 0 fully saturated rings. The van der Waals surface area contributed by atoms with E-state index < -0.39 is 5.56 Å². The minimum absolute atomic E-state index is 0.179. The maximum Gasteiger partial charge on any atom is 0.255 e. The molecule has 2 heterocycles. The summed E-state index contributed by atoms with van der Waals surface area (Å²) >= 11 is 1.18. The van der Waals surface area contributed by atoms with E-state index >= 15 is 0 Å². The average Bonchev–Trinajstić information content (AvgIpc) is 2.93. The average molecular weight is 335 g/mol. The molecule has 3 N–H and O–H groups in total. The second-order valence-electron chi connectivity index (χ2n) is 4.62. The number of thioether (sulfide) groups is 1. The largest absolute Gasteiger partial charge is 0.493 e. The number of hydrogen-bond acceptors (Lipinski definition) is 7. The molecule has 23 heavy (non-hydrogen) atoms. The van der Waals surface area contributed by atoms with Crippen molar-refractivity contribution in [1.29, 1.82) is 0 Å². The number of hydrogen-bond donors (Lipinski definition) is 3. The first kappa shape index (κ1) is 15.2. The van der Waals surface area contributed by atoms with Crippen LogP contribution >= 0.6 is 11.8 Å². The second-order valence-corrected chi connectivity index (χ2v) is 5.71. The molecular formula is C14H13N3O5S. The van der Waals surface area contributed by atoms with Crippen LogP contribution in [0.25, 0.3) is 0 Å². The Bertz CT molecular complexity index is 792. The molecule has 8 nitrogen and oxygen atoms in total. The van der Waals surface area contributed by atoms with Crippen molar-refractivity contribution >= 4 is 23.4 Å². The third-order valence-corrected chi connectivity index (χ3v) is 3.81. The maximum absolute atomic E-state index is 11.9. The summed E-state index contributed by atoms with van der Waals surface area (Å²) in [5.41, 5.74) is 0.179. The van der Waals surface area contributed by atoms with E-state index in [9.17, 15) is 14.7 Å². The standard InChI is InChI=1S/C14H13N3O5S/c18-11(3-4-23-14-16-12(19)6-13(20)17-14)15-8-1-2-9-10(5-8)22-7-21-9/h1-2,5-6H,3-4,7H2,(H,15,18)(H2,16,17,19,20). The Labute approximate surface area is 134 Å². The van der Waals surface area contributed by atoms with Gasteiger partial charge in [0, 0.05) is 23.9 Å². The number of amides is 1. The lowest BCUT2D eigenvalue weighted by molar-refractivity contribution is -0.115. The van der Waals surface area contributed by atoms with Gasteiger partial charge < -0.3 is 24.9 Å². The van der Waals surface area contributed by atoms with Gasteiger partial charge in [-0.3, -0.25) is 9.59 Å². The van der Waals surface area contributed by atoms with Crippen LogP contribution in [0, 0.1) is 0 Å². The van der Waals surface area contributed by atoms with E-state index in [2.05, 4.69) is 15.3 Å². The number of aromatic amines is 1. The molecule has 1 aromatic heterocycles. The highest BCUT2D eigenvalue weighted by molar-refractivity contribution is 7.99. The summed E-state index contributed by atoms with van der Waals surface area (Å²) in [5, 5.41) is 12.2. The molecule has 1 aromatic carbocycles. The van der Waals surface area contributed by atoms with Crippen molar-refractivity contribution in [2.75, 3.05) is 17.9 Å². The lowest BCUT2D eigenvalue weighted by atomic mass is 10.2. The summed E-state index contributed by atoms with van der Waals surface area (Å²) in [7, 11) is 0. The van der Waals surface area contributed by atoms with Crippen LogP contribution < -0.4 is 20.3 Å². The molecule has 3 rings (SSSR count). The fourth-order valence-electron chi connectivity index (χ4n) is 1.93. The monoisotopic (exact) mass is 335 g/mol. The van der Waals surface area contributed by atoms with Crippen LogP contribution in [0.5, 0.6) is 17.4 Å². The highest BCUT2D eigenvalue weighted by Gasteiger charge is 2.14. The van der Waals surface area contributed by atoms with Crippen LogP contribution in [-0.4, -0.2) is 33.5 Å². The van der Waals surface area contributed by atoms with Gasteiger partial charge in [-0.15, -0.1) is 0 Å². The normalized spacial score (nSPS) is 12.2. The Kier molecular flexibility index (Phi) is 4.38. The van der Waals surface area contributed by atoms with Gasteiger partial charge in [-0.2, -0.15) is 4.98 Å². The van der Waals surface area contributed by atoms with Gasteiger partial charge in [0.15, 0.2) is 16.7 Å². The number of fused-ring (bicyclic) bond motifs is 1. The molecule has 9 heteroatoms. The Morgan fingerprint density at radius 3 is 3.00 bits per heavy atom. The molecule has 1 amide bonds. The zero-order valence-electron chi connectivity index (χ0n) is 11.9. The summed E-state index contributed by atoms with van der Waals surface area (Å²) in [6, 6.07) is 6.14. The number of benzene rings is 1. The number of ether oxygens (including phenoxy) is 2. The smallest absolute Gasteiger partial charge is 0.255 e. The fraction of sp³-hybridized carbons (Fsp3) is 0.214. The van der Waals surface area contributed by atoms with E-state index in [0.29, 0.717) is 22.9 Å². The van der Waals surface area contributed by atoms with E-state index in [1.54, 1.807) is 18.2 Å². The molecule has 0 radical (unpaired) electrons. The van der Waals surface area contributed by atoms with E-state index in [1.165, 1.54) is 11.8 Å². The summed E-state index contributed by atoms with van der Waals surface area (Å²) in [4.78, 5) is 29.3. The van der Waals surface area contributed by atoms with Crippen LogP contribution in [-0.2, 0) is 4.79 Å². The molecule has 0 saturated carbocycles. The van der Waals surface area contributed by atoms with Gasteiger partial charge in [0.2, 0.25) is 18.6 Å². The minimum Gasteiger partial charge on any atom is -0.493 e. The van der Waals surface area contributed by atoms with Crippen LogP contribution in [0.15, 0.2) is 34.2 Å². The number of H-pyrrole nitrogens is 1. The number of anilines is 1. The van der Waals surface area contributed by atoms with Crippen molar-refractivity contribution in [2.24, 2.45) is 0 Å². The Morgan fingerprint density at radius 2 is 2.17 bits per heavy atom. The summed E-state index contributed by atoms with van der Waals surface area (Å²) in [5.74, 6) is 1.12. The Hall–Kier alpha value is -2.68. The molecule has 0 saturated heterocycles. The first-order valence-corrected chi connectivity index (χ1v) is 7.71. The lowest BCUT2D eigenvalue weighted by Crippen LogP contribution is -2.12. The zero-order valence-corrected chi connectivity index (χ0v) is 12.7. The third-order valence-electron chi connectivity index (χ3n) is 2.93. The molecule has 0 spiro atoms. The van der Waals surface area contributed by atoms with E-state index in [1.807, 2.05) is 0 Å². The molecule has 0 unspecified atom stereocenters. The Balaban J connectivity index is 1.50. The van der Waals surface area contributed by atoms with Crippen molar-refractivity contribution in [1.82, 2.24) is 9.97 Å². The summed E-state index contributed by atoms with van der Waals surface area (Å²) < 4.78 is 10.4. The van der Waals surface area contributed by atoms with Crippen LogP contribution in [0.3, 0.4) is 0 Å². The quantitative estimate of drug-likeness (QED) is 0.558. The first-order valence-electron chi connectivity index (χ1n) is 6.73. The van der Waals surface area contributed by atoms with Gasteiger partial charge in [0.1, 0.15) is 0 Å². The summed E-state index contributed by atoms with van der Waals surface area (Å²) in [6.45, 7) is 0.179. The van der Waals surface area contributed by atoms with Gasteiger partial charge in [-0.05, 0) is 12.1 Å². The maximum atomic E-state index is 11.9. The van der Waals surface area contributed by atoms with E-state index in [0.717, 1.165) is 6.07 Å². The van der Waals surface area contributed by atoms with Crippen LogP contribution in [0.2, 0.25) is 0 Å². The SMILES string of the molecule is O=C(CCSc1nc(O)cc(=O)[nH]1)Nc1ccc2c(c1)OCO2. The molecule has 0 aliphatic carbocycles. The molecule has 1 aliphatic heterocycles. The molecular weight excluding hydrogens is 322 g/mol. The zero-order chi connectivity index (χ0) is 16.2. The highest BCUT2D eigenvalue weighted by Crippen LogP contribution is 2.34. The fourth-order valence-corrected chi connectivity index (χ4v) is 2.74. The van der Waals surface area contributed by atoms with E-state index in [4.69, 9.17) is 9.47 Å². The number of carbonyl (C=O) groups is 1. The number of nitrogens with zero attached hydrogens (tertiary/aromatic N) is 1. The van der Waals surface area contributed by atoms with Gasteiger partial charge in [0.25, 0.3) is 5.56 Å². The third kappa shape index (κ3) is 3.95. The first-order chi connectivity index (χ1) is 11.1. The van der Waals surface area contributed by atoms with Gasteiger partial charge in [0.05, 0.1) is 6.07 Å². The number of carbonyl (C=O) groups excluding carboxylic acids is 1. The lowest BCUT2D eigenvalue weighted by Gasteiger charge is -2.06. The summed E-state index contributed by atoms with van der Waals surface area (Å²) in [6.07, 6.45) is 0.221. The highest BCUT2D eigenvalue weighted by atomic mass is 32.2. The molecule has 120 valence electrons. The van der Waals surface area contributed by atoms with Gasteiger partial charge in [-0.1, -0.05) is 11.8 Å². The molecule has 0 bridgehead atoms. The van der Waals surface area contributed by atoms with Crippen LogP contribution in [0.1, 0.15) is 6.42 Å². The van der Waals surface area contributed by atoms with Gasteiger partial charge >= 0.3 is 0 Å². The second kappa shape index (κ2) is 6.61. The number of aromatic nitrogens is 2. The predicted molar refractivity (Wildman–Crippen MR) is 83.1 cm³/mol. The van der Waals surface area contributed by atoms with Crippen molar-refractivity contribution in [3.8, 4) is 17.4 Å². The predicted octanol–water partition coefficient (Wildman–Crippen LogP) is 1.33. The minimum atomic E-state index is -0.440. The van der Waals surface area contributed by atoms with Gasteiger partial charge in [-0.25, -0.2) is 0 Å².